The zero-order valence-electron chi connectivity index (χ0n) is 8.65. The highest BCUT2D eigenvalue weighted by Gasteiger charge is 2.06. The molecule has 84 valence electrons. The van der Waals surface area contributed by atoms with Crippen molar-refractivity contribution in [1.82, 2.24) is 9.78 Å². The first-order chi connectivity index (χ1) is 7.70. The van der Waals surface area contributed by atoms with Crippen LogP contribution < -0.4 is 4.74 Å². The summed E-state index contributed by atoms with van der Waals surface area (Å²) in [5, 5.41) is 4.38. The van der Waals surface area contributed by atoms with Crippen molar-refractivity contribution in [2.45, 2.75) is 6.54 Å². The Bertz CT molecular complexity index is 479. The lowest BCUT2D eigenvalue weighted by molar-refractivity contribution is 0.407. The number of aromatic nitrogens is 2. The van der Waals surface area contributed by atoms with Gasteiger partial charge in [-0.2, -0.15) is 5.10 Å². The zero-order valence-corrected chi connectivity index (χ0v) is 12.4. The van der Waals surface area contributed by atoms with Gasteiger partial charge < -0.3 is 4.74 Å². The van der Waals surface area contributed by atoms with Crippen LogP contribution in [0.25, 0.3) is 0 Å². The minimum Gasteiger partial charge on any atom is -0.496 e. The molecule has 0 aliphatic heterocycles. The van der Waals surface area contributed by atoms with E-state index in [1.165, 1.54) is 0 Å². The zero-order chi connectivity index (χ0) is 11.5. The molecule has 0 N–H and O–H groups in total. The average Bonchev–Trinajstić information content (AvgIpc) is 2.59. The SMILES string of the molecule is COc1ccccc1Cn1cc(Br)c(I)n1. The summed E-state index contributed by atoms with van der Waals surface area (Å²) >= 11 is 5.64. The van der Waals surface area contributed by atoms with Gasteiger partial charge in [-0.25, -0.2) is 0 Å². The molecule has 2 aromatic rings. The number of rotatable bonds is 3. The number of methoxy groups -OCH3 is 1. The molecule has 5 heteroatoms. The summed E-state index contributed by atoms with van der Waals surface area (Å²) < 4.78 is 9.17. The fourth-order valence-electron chi connectivity index (χ4n) is 1.46. The quantitative estimate of drug-likeness (QED) is 0.749. The van der Waals surface area contributed by atoms with Crippen LogP contribution in [0.5, 0.6) is 5.75 Å². The van der Waals surface area contributed by atoms with E-state index in [-0.39, 0.29) is 0 Å². The van der Waals surface area contributed by atoms with Crippen molar-refractivity contribution in [3.63, 3.8) is 0 Å². The lowest BCUT2D eigenvalue weighted by Crippen LogP contribution is -2.02. The Kier molecular flexibility index (Phi) is 3.86. The van der Waals surface area contributed by atoms with Crippen LogP contribution in [0.1, 0.15) is 5.56 Å². The molecular formula is C11H10BrIN2O. The maximum absolute atomic E-state index is 5.30. The first kappa shape index (κ1) is 11.9. The third-order valence-electron chi connectivity index (χ3n) is 2.20. The summed E-state index contributed by atoms with van der Waals surface area (Å²) in [6.45, 7) is 0.714. The van der Waals surface area contributed by atoms with Crippen LogP contribution in [0.3, 0.4) is 0 Å². The summed E-state index contributed by atoms with van der Waals surface area (Å²) in [4.78, 5) is 0. The first-order valence-electron chi connectivity index (χ1n) is 4.71. The highest BCUT2D eigenvalue weighted by molar-refractivity contribution is 14.1. The summed E-state index contributed by atoms with van der Waals surface area (Å²) in [5.74, 6) is 0.893. The molecule has 0 saturated heterocycles. The largest absolute Gasteiger partial charge is 0.496 e. The van der Waals surface area contributed by atoms with Crippen molar-refractivity contribution in [1.29, 1.82) is 0 Å². The topological polar surface area (TPSA) is 27.1 Å². The van der Waals surface area contributed by atoms with Crippen LogP contribution in [-0.4, -0.2) is 16.9 Å². The van der Waals surface area contributed by atoms with Crippen LogP contribution >= 0.6 is 38.5 Å². The third kappa shape index (κ3) is 2.57. The van der Waals surface area contributed by atoms with E-state index < -0.39 is 0 Å². The highest BCUT2D eigenvalue weighted by Crippen LogP contribution is 2.21. The van der Waals surface area contributed by atoms with Crippen molar-refractivity contribution in [2.75, 3.05) is 7.11 Å². The minimum atomic E-state index is 0.714. The Morgan fingerprint density at radius 1 is 1.44 bits per heavy atom. The second-order valence-corrected chi connectivity index (χ2v) is 5.15. The number of nitrogens with zero attached hydrogens (tertiary/aromatic N) is 2. The Morgan fingerprint density at radius 3 is 2.81 bits per heavy atom. The molecule has 0 bridgehead atoms. The predicted molar refractivity (Wildman–Crippen MR) is 74.7 cm³/mol. The van der Waals surface area contributed by atoms with Crippen LogP contribution in [0.15, 0.2) is 34.9 Å². The molecule has 0 fully saturated rings. The van der Waals surface area contributed by atoms with Gasteiger partial charge >= 0.3 is 0 Å². The average molecular weight is 393 g/mol. The van der Waals surface area contributed by atoms with Gasteiger partial charge in [0, 0.05) is 11.8 Å². The summed E-state index contributed by atoms with van der Waals surface area (Å²) in [6.07, 6.45) is 1.97. The lowest BCUT2D eigenvalue weighted by atomic mass is 10.2. The smallest absolute Gasteiger partial charge is 0.137 e. The van der Waals surface area contributed by atoms with Gasteiger partial charge in [0.25, 0.3) is 0 Å². The number of ether oxygens (including phenoxy) is 1. The Hall–Kier alpha value is -0.560. The highest BCUT2D eigenvalue weighted by atomic mass is 127. The molecule has 2 rings (SSSR count). The van der Waals surface area contributed by atoms with E-state index in [2.05, 4.69) is 43.6 Å². The number of para-hydroxylation sites is 1. The molecule has 0 amide bonds. The minimum absolute atomic E-state index is 0.714. The molecule has 3 nitrogen and oxygen atoms in total. The van der Waals surface area contributed by atoms with Crippen molar-refractivity contribution in [3.05, 3.63) is 44.2 Å². The van der Waals surface area contributed by atoms with Crippen molar-refractivity contribution >= 4 is 38.5 Å². The molecule has 0 aliphatic rings. The fraction of sp³-hybridized carbons (Fsp3) is 0.182. The molecule has 0 radical (unpaired) electrons. The van der Waals surface area contributed by atoms with E-state index in [1.54, 1.807) is 7.11 Å². The maximum Gasteiger partial charge on any atom is 0.137 e. The molecule has 1 heterocycles. The second kappa shape index (κ2) is 5.18. The van der Waals surface area contributed by atoms with Crippen molar-refractivity contribution < 1.29 is 4.74 Å². The summed E-state index contributed by atoms with van der Waals surface area (Å²) in [5.41, 5.74) is 1.12. The van der Waals surface area contributed by atoms with Gasteiger partial charge in [0.1, 0.15) is 9.45 Å². The molecule has 0 atom stereocenters. The van der Waals surface area contributed by atoms with Crippen LogP contribution in [0.2, 0.25) is 0 Å². The summed E-state index contributed by atoms with van der Waals surface area (Å²) in [7, 11) is 1.68. The predicted octanol–water partition coefficient (Wildman–Crippen LogP) is 3.31. The van der Waals surface area contributed by atoms with Gasteiger partial charge in [0.05, 0.1) is 18.1 Å². The standard InChI is InChI=1S/C11H10BrIN2O/c1-16-10-5-3-2-4-8(10)6-15-7-9(12)11(13)14-15/h2-5,7H,6H2,1H3. The van der Waals surface area contributed by atoms with E-state index in [1.807, 2.05) is 35.1 Å². The molecule has 0 saturated carbocycles. The Morgan fingerprint density at radius 2 is 2.19 bits per heavy atom. The maximum atomic E-state index is 5.30. The lowest BCUT2D eigenvalue weighted by Gasteiger charge is -2.07. The van der Waals surface area contributed by atoms with Gasteiger partial charge in [0.2, 0.25) is 0 Å². The van der Waals surface area contributed by atoms with Gasteiger partial charge in [-0.15, -0.1) is 0 Å². The number of benzene rings is 1. The van der Waals surface area contributed by atoms with Gasteiger partial charge in [-0.1, -0.05) is 18.2 Å². The van der Waals surface area contributed by atoms with E-state index in [4.69, 9.17) is 4.74 Å². The van der Waals surface area contributed by atoms with E-state index >= 15 is 0 Å². The molecular weight excluding hydrogens is 383 g/mol. The third-order valence-corrected chi connectivity index (χ3v) is 4.32. The Balaban J connectivity index is 2.26. The molecule has 16 heavy (non-hydrogen) atoms. The van der Waals surface area contributed by atoms with Gasteiger partial charge in [0.15, 0.2) is 0 Å². The molecule has 1 aromatic heterocycles. The van der Waals surface area contributed by atoms with Crippen LogP contribution in [0.4, 0.5) is 0 Å². The second-order valence-electron chi connectivity index (χ2n) is 3.28. The van der Waals surface area contributed by atoms with Gasteiger partial charge in [-0.3, -0.25) is 4.68 Å². The van der Waals surface area contributed by atoms with Crippen molar-refractivity contribution in [3.8, 4) is 5.75 Å². The van der Waals surface area contributed by atoms with E-state index in [9.17, 15) is 0 Å². The monoisotopic (exact) mass is 392 g/mol. The molecule has 1 aromatic carbocycles. The van der Waals surface area contributed by atoms with E-state index in [0.29, 0.717) is 6.54 Å². The first-order valence-corrected chi connectivity index (χ1v) is 6.58. The molecule has 0 spiro atoms. The summed E-state index contributed by atoms with van der Waals surface area (Å²) in [6, 6.07) is 7.96. The van der Waals surface area contributed by atoms with Crippen LogP contribution in [0, 0.1) is 3.70 Å². The van der Waals surface area contributed by atoms with Crippen LogP contribution in [-0.2, 0) is 6.54 Å². The number of hydrogen-bond acceptors (Lipinski definition) is 2. The van der Waals surface area contributed by atoms with Gasteiger partial charge in [-0.05, 0) is 44.6 Å². The molecule has 0 aliphatic carbocycles. The fourth-order valence-corrected chi connectivity index (χ4v) is 2.19. The normalized spacial score (nSPS) is 10.4. The number of hydrogen-bond donors (Lipinski definition) is 0. The van der Waals surface area contributed by atoms with Crippen molar-refractivity contribution in [2.24, 2.45) is 0 Å². The van der Waals surface area contributed by atoms with E-state index in [0.717, 1.165) is 19.5 Å². The number of halogens is 2. The Labute approximate surface area is 116 Å². The molecule has 0 unspecified atom stereocenters.